The first-order chi connectivity index (χ1) is 16.8. The number of amides is 2. The highest BCUT2D eigenvalue weighted by Crippen LogP contribution is 2.29. The summed E-state index contributed by atoms with van der Waals surface area (Å²) in [6.45, 7) is 1.84. The number of hydrogen-bond acceptors (Lipinski definition) is 5. The summed E-state index contributed by atoms with van der Waals surface area (Å²) in [5, 5.41) is 7.10. The minimum Gasteiger partial charge on any atom is -0.494 e. The first kappa shape index (κ1) is 23.6. The molecule has 7 nitrogen and oxygen atoms in total. The van der Waals surface area contributed by atoms with Gasteiger partial charge in [0.1, 0.15) is 11.6 Å². The average Bonchev–Trinajstić information content (AvgIpc) is 2.85. The largest absolute Gasteiger partial charge is 0.494 e. The second-order valence-corrected chi connectivity index (χ2v) is 7.83. The van der Waals surface area contributed by atoms with Gasteiger partial charge in [-0.1, -0.05) is 18.2 Å². The summed E-state index contributed by atoms with van der Waals surface area (Å²) in [7, 11) is 1.32. The van der Waals surface area contributed by atoms with E-state index in [1.54, 1.807) is 30.5 Å². The van der Waals surface area contributed by atoms with E-state index in [9.17, 15) is 18.4 Å². The zero-order chi connectivity index (χ0) is 25.1. The molecule has 35 heavy (non-hydrogen) atoms. The molecule has 2 amide bonds. The number of rotatable bonds is 7. The van der Waals surface area contributed by atoms with Gasteiger partial charge in [-0.25, -0.2) is 13.8 Å². The summed E-state index contributed by atoms with van der Waals surface area (Å²) in [4.78, 5) is 28.7. The van der Waals surface area contributed by atoms with Crippen molar-refractivity contribution < 1.29 is 23.1 Å². The normalized spacial score (nSPS) is 11.7. The molecule has 3 aromatic carbocycles. The van der Waals surface area contributed by atoms with Gasteiger partial charge < -0.3 is 21.1 Å². The topological polar surface area (TPSA) is 106 Å². The molecule has 1 atom stereocenters. The van der Waals surface area contributed by atoms with Gasteiger partial charge in [-0.05, 0) is 60.3 Å². The Kier molecular flexibility index (Phi) is 6.59. The number of pyridine rings is 1. The van der Waals surface area contributed by atoms with Crippen molar-refractivity contribution >= 4 is 34.1 Å². The smallest absolute Gasteiger partial charge is 0.255 e. The van der Waals surface area contributed by atoms with Gasteiger partial charge >= 0.3 is 0 Å². The van der Waals surface area contributed by atoms with Crippen LogP contribution < -0.4 is 21.1 Å². The third-order valence-corrected chi connectivity index (χ3v) is 5.58. The Labute approximate surface area is 199 Å². The van der Waals surface area contributed by atoms with Gasteiger partial charge in [0.2, 0.25) is 5.91 Å². The number of nitrogens with one attached hydrogen (secondary N) is 2. The van der Waals surface area contributed by atoms with Crippen LogP contribution in [0, 0.1) is 11.6 Å². The number of anilines is 2. The summed E-state index contributed by atoms with van der Waals surface area (Å²) in [5.74, 6) is -2.04. The number of primary amides is 1. The van der Waals surface area contributed by atoms with E-state index in [2.05, 4.69) is 15.6 Å². The van der Waals surface area contributed by atoms with Crippen molar-refractivity contribution in [1.29, 1.82) is 0 Å². The Hall–Kier alpha value is -4.53. The number of nitrogens with zero attached hydrogens (tertiary/aromatic N) is 1. The minimum absolute atomic E-state index is 0.000350. The maximum Gasteiger partial charge on any atom is 0.255 e. The molecular weight excluding hydrogens is 454 g/mol. The first-order valence-electron chi connectivity index (χ1n) is 10.7. The number of nitrogens with two attached hydrogens (primary N) is 1. The quantitative estimate of drug-likeness (QED) is 0.346. The van der Waals surface area contributed by atoms with Crippen LogP contribution in [0.3, 0.4) is 0 Å². The van der Waals surface area contributed by atoms with E-state index in [-0.39, 0.29) is 23.0 Å². The van der Waals surface area contributed by atoms with Crippen LogP contribution in [-0.4, -0.2) is 23.9 Å². The molecule has 0 spiro atoms. The summed E-state index contributed by atoms with van der Waals surface area (Å²) in [6, 6.07) is 14.6. The fraction of sp³-hybridized carbons (Fsp3) is 0.115. The van der Waals surface area contributed by atoms with Crippen LogP contribution in [0.2, 0.25) is 0 Å². The van der Waals surface area contributed by atoms with Crippen LogP contribution in [0.15, 0.2) is 66.9 Å². The predicted molar refractivity (Wildman–Crippen MR) is 130 cm³/mol. The fourth-order valence-corrected chi connectivity index (χ4v) is 3.74. The molecule has 0 radical (unpaired) electrons. The molecule has 4 N–H and O–H groups in total. The zero-order valence-corrected chi connectivity index (χ0v) is 18.9. The Morgan fingerprint density at radius 2 is 1.80 bits per heavy atom. The van der Waals surface area contributed by atoms with Crippen LogP contribution >= 0.6 is 0 Å². The third kappa shape index (κ3) is 4.89. The standard InChI is InChI=1S/C26H22F2N4O3/c1-14(31-25-19-5-3-4-18(24(29)33)17(19)10-11-30-25)15-6-8-20(27)22(13-15)32-26(34)16-7-9-23(35-2)21(28)12-16/h3-14H,1-2H3,(H2,29,33)(H,30,31)(H,32,34)/t14-/m1/s1. The average molecular weight is 476 g/mol. The highest BCUT2D eigenvalue weighted by atomic mass is 19.1. The maximum absolute atomic E-state index is 14.5. The van der Waals surface area contributed by atoms with Gasteiger partial charge in [0.15, 0.2) is 11.6 Å². The lowest BCUT2D eigenvalue weighted by atomic mass is 10.0. The number of halogens is 2. The van der Waals surface area contributed by atoms with Gasteiger partial charge in [0.25, 0.3) is 5.91 Å². The van der Waals surface area contributed by atoms with E-state index in [4.69, 9.17) is 10.5 Å². The molecule has 0 aliphatic heterocycles. The first-order valence-corrected chi connectivity index (χ1v) is 10.7. The SMILES string of the molecule is COc1ccc(C(=O)Nc2cc([C@@H](C)Nc3nccc4c(C(N)=O)cccc34)ccc2F)cc1F. The van der Waals surface area contributed by atoms with E-state index < -0.39 is 23.4 Å². The second kappa shape index (κ2) is 9.76. The zero-order valence-electron chi connectivity index (χ0n) is 18.9. The highest BCUT2D eigenvalue weighted by Gasteiger charge is 2.16. The molecule has 0 saturated heterocycles. The van der Waals surface area contributed by atoms with Crippen molar-refractivity contribution in [1.82, 2.24) is 4.98 Å². The summed E-state index contributed by atoms with van der Waals surface area (Å²) in [5.41, 5.74) is 6.48. The molecule has 0 bridgehead atoms. The van der Waals surface area contributed by atoms with Crippen LogP contribution in [0.5, 0.6) is 5.75 Å². The minimum atomic E-state index is -0.700. The van der Waals surface area contributed by atoms with Crippen LogP contribution in [0.1, 0.15) is 39.2 Å². The van der Waals surface area contributed by atoms with Crippen LogP contribution in [0.25, 0.3) is 10.8 Å². The molecule has 1 heterocycles. The van der Waals surface area contributed by atoms with Crippen molar-refractivity contribution in [3.8, 4) is 5.75 Å². The summed E-state index contributed by atoms with van der Waals surface area (Å²) < 4.78 is 33.3. The number of ether oxygens (including phenoxy) is 1. The van der Waals surface area contributed by atoms with Crippen molar-refractivity contribution in [3.63, 3.8) is 0 Å². The molecule has 0 aliphatic rings. The monoisotopic (exact) mass is 476 g/mol. The lowest BCUT2D eigenvalue weighted by Crippen LogP contribution is -2.15. The number of fused-ring (bicyclic) bond motifs is 1. The van der Waals surface area contributed by atoms with E-state index >= 15 is 0 Å². The van der Waals surface area contributed by atoms with Gasteiger partial charge in [-0.2, -0.15) is 0 Å². The lowest BCUT2D eigenvalue weighted by molar-refractivity contribution is 0.0999. The number of carbonyl (C=O) groups excluding carboxylic acids is 2. The summed E-state index contributed by atoms with van der Waals surface area (Å²) >= 11 is 0. The second-order valence-electron chi connectivity index (χ2n) is 7.83. The van der Waals surface area contributed by atoms with E-state index in [0.717, 1.165) is 6.07 Å². The molecule has 4 rings (SSSR count). The molecule has 4 aromatic rings. The number of carbonyl (C=O) groups is 2. The molecule has 0 fully saturated rings. The molecule has 9 heteroatoms. The molecule has 178 valence electrons. The maximum atomic E-state index is 14.5. The Morgan fingerprint density at radius 3 is 2.51 bits per heavy atom. The number of benzene rings is 3. The van der Waals surface area contributed by atoms with E-state index in [1.165, 1.54) is 31.4 Å². The fourth-order valence-electron chi connectivity index (χ4n) is 3.74. The van der Waals surface area contributed by atoms with Crippen molar-refractivity contribution in [2.24, 2.45) is 5.73 Å². The van der Waals surface area contributed by atoms with Crippen molar-refractivity contribution in [2.75, 3.05) is 17.7 Å². The molecule has 1 aromatic heterocycles. The third-order valence-electron chi connectivity index (χ3n) is 5.58. The van der Waals surface area contributed by atoms with Gasteiger partial charge in [0.05, 0.1) is 18.8 Å². The Balaban J connectivity index is 1.58. The van der Waals surface area contributed by atoms with E-state index in [0.29, 0.717) is 27.7 Å². The van der Waals surface area contributed by atoms with Crippen molar-refractivity contribution in [2.45, 2.75) is 13.0 Å². The van der Waals surface area contributed by atoms with Crippen LogP contribution in [-0.2, 0) is 0 Å². The van der Waals surface area contributed by atoms with Crippen molar-refractivity contribution in [3.05, 3.63) is 95.2 Å². The van der Waals surface area contributed by atoms with Gasteiger partial charge in [-0.15, -0.1) is 0 Å². The van der Waals surface area contributed by atoms with Gasteiger partial charge in [0, 0.05) is 22.7 Å². The van der Waals surface area contributed by atoms with E-state index in [1.807, 2.05) is 13.0 Å². The molecule has 0 unspecified atom stereocenters. The molecular formula is C26H22F2N4O3. The Bertz CT molecular complexity index is 1440. The van der Waals surface area contributed by atoms with Crippen LogP contribution in [0.4, 0.5) is 20.3 Å². The molecule has 0 aliphatic carbocycles. The number of methoxy groups -OCH3 is 1. The summed E-state index contributed by atoms with van der Waals surface area (Å²) in [6.07, 6.45) is 1.56. The lowest BCUT2D eigenvalue weighted by Gasteiger charge is -2.18. The predicted octanol–water partition coefficient (Wildman–Crippen LogP) is 5.05. The van der Waals surface area contributed by atoms with Gasteiger partial charge in [-0.3, -0.25) is 9.59 Å². The Morgan fingerprint density at radius 1 is 1.00 bits per heavy atom. The molecule has 0 saturated carbocycles. The number of hydrogen-bond donors (Lipinski definition) is 3. The number of aromatic nitrogens is 1. The highest BCUT2D eigenvalue weighted by molar-refractivity contribution is 6.08.